The van der Waals surface area contributed by atoms with Gasteiger partial charge in [0.2, 0.25) is 5.56 Å². The number of aromatic amines is 1. The van der Waals surface area contributed by atoms with Crippen LogP contribution in [0.25, 0.3) is 10.9 Å². The predicted octanol–water partition coefficient (Wildman–Crippen LogP) is 5.19. The summed E-state index contributed by atoms with van der Waals surface area (Å²) in [7, 11) is 0. The van der Waals surface area contributed by atoms with Crippen LogP contribution in [0.15, 0.2) is 69.3 Å². The number of benzene rings is 2. The molecule has 1 aliphatic heterocycles. The van der Waals surface area contributed by atoms with Gasteiger partial charge in [-0.2, -0.15) is 13.2 Å². The van der Waals surface area contributed by atoms with Crippen molar-refractivity contribution in [1.82, 2.24) is 4.98 Å². The highest BCUT2D eigenvalue weighted by Crippen LogP contribution is 2.44. The zero-order chi connectivity index (χ0) is 21.4. The molecule has 0 saturated heterocycles. The molecule has 0 bridgehead atoms. The Labute approximate surface area is 174 Å². The van der Waals surface area contributed by atoms with Crippen molar-refractivity contribution in [2.45, 2.75) is 35.4 Å². The van der Waals surface area contributed by atoms with E-state index in [1.54, 1.807) is 36.0 Å². The number of H-pyrrole nitrogens is 1. The lowest BCUT2D eigenvalue weighted by atomic mass is 9.84. The van der Waals surface area contributed by atoms with Crippen LogP contribution in [0.4, 0.5) is 18.9 Å². The molecule has 0 spiro atoms. The molecule has 0 saturated carbocycles. The van der Waals surface area contributed by atoms with Crippen molar-refractivity contribution in [2.24, 2.45) is 4.99 Å². The summed E-state index contributed by atoms with van der Waals surface area (Å²) in [5.74, 6) is 0.271. The van der Waals surface area contributed by atoms with Crippen LogP contribution in [0, 0.1) is 0 Å². The molecule has 2 unspecified atom stereocenters. The topological polar surface area (TPSA) is 65.4 Å². The van der Waals surface area contributed by atoms with Gasteiger partial charge in [-0.3, -0.25) is 9.79 Å². The molecule has 0 aliphatic carbocycles. The third kappa shape index (κ3) is 4.02. The fraction of sp³-hybridized carbons (Fsp3) is 0.273. The molecule has 0 radical (unpaired) electrons. The normalized spacial score (nSPS) is 19.0. The van der Waals surface area contributed by atoms with Crippen LogP contribution in [0.1, 0.15) is 24.3 Å². The molecule has 4 nitrogen and oxygen atoms in total. The Hall–Kier alpha value is -2.58. The molecule has 0 fully saturated rings. The molecule has 4 rings (SSSR count). The second-order valence-electron chi connectivity index (χ2n) is 7.32. The summed E-state index contributed by atoms with van der Waals surface area (Å²) in [6.45, 7) is 0. The maximum absolute atomic E-state index is 13.9. The van der Waals surface area contributed by atoms with Crippen LogP contribution >= 0.6 is 11.8 Å². The van der Waals surface area contributed by atoms with Gasteiger partial charge in [0, 0.05) is 22.6 Å². The van der Waals surface area contributed by atoms with Crippen molar-refractivity contribution in [3.05, 3.63) is 70.5 Å². The zero-order valence-electron chi connectivity index (χ0n) is 15.8. The smallest absolute Gasteiger partial charge is 0.376 e. The Morgan fingerprint density at radius 2 is 1.93 bits per heavy atom. The Balaban J connectivity index is 1.70. The summed E-state index contributed by atoms with van der Waals surface area (Å²) in [4.78, 5) is 19.1. The van der Waals surface area contributed by atoms with Crippen LogP contribution in [-0.4, -0.2) is 33.8 Å². The summed E-state index contributed by atoms with van der Waals surface area (Å²) in [6.07, 6.45) is -4.24. The average Bonchev–Trinajstić information content (AvgIpc) is 2.71. The molecule has 3 aromatic rings. The van der Waals surface area contributed by atoms with E-state index < -0.39 is 24.1 Å². The van der Waals surface area contributed by atoms with Gasteiger partial charge in [0.15, 0.2) is 5.60 Å². The lowest BCUT2D eigenvalue weighted by Crippen LogP contribution is -2.48. The van der Waals surface area contributed by atoms with Crippen LogP contribution in [-0.2, 0) is 0 Å². The van der Waals surface area contributed by atoms with Crippen molar-refractivity contribution in [1.29, 1.82) is 0 Å². The van der Waals surface area contributed by atoms with E-state index in [2.05, 4.69) is 9.98 Å². The number of alkyl halides is 3. The summed E-state index contributed by atoms with van der Waals surface area (Å²) in [6, 6.07) is 14.9. The van der Waals surface area contributed by atoms with Crippen LogP contribution in [0.5, 0.6) is 0 Å². The summed E-state index contributed by atoms with van der Waals surface area (Å²) in [5, 5.41) is 11.2. The van der Waals surface area contributed by atoms with E-state index in [1.807, 2.05) is 18.2 Å². The molecule has 1 aliphatic rings. The van der Waals surface area contributed by atoms with E-state index in [0.717, 1.165) is 10.5 Å². The number of aromatic nitrogens is 1. The first-order valence-corrected chi connectivity index (χ1v) is 10.4. The molecule has 2 aromatic carbocycles. The lowest BCUT2D eigenvalue weighted by molar-refractivity contribution is -0.232. The maximum atomic E-state index is 13.9. The van der Waals surface area contributed by atoms with E-state index >= 15 is 0 Å². The van der Waals surface area contributed by atoms with E-state index in [4.69, 9.17) is 0 Å². The number of nitrogens with zero attached hydrogens (tertiary/aromatic N) is 1. The zero-order valence-corrected chi connectivity index (χ0v) is 16.6. The Bertz CT molecular complexity index is 1160. The van der Waals surface area contributed by atoms with Crippen LogP contribution < -0.4 is 5.56 Å². The number of aliphatic hydroxyl groups is 1. The van der Waals surface area contributed by atoms with Crippen molar-refractivity contribution in [2.75, 3.05) is 5.75 Å². The van der Waals surface area contributed by atoms with Crippen molar-refractivity contribution in [3.63, 3.8) is 0 Å². The monoisotopic (exact) mass is 432 g/mol. The maximum Gasteiger partial charge on any atom is 0.422 e. The summed E-state index contributed by atoms with van der Waals surface area (Å²) < 4.78 is 41.7. The first kappa shape index (κ1) is 20.7. The summed E-state index contributed by atoms with van der Waals surface area (Å²) >= 11 is 1.61. The molecular formula is C22H19F3N2O2S. The highest BCUT2D eigenvalue weighted by atomic mass is 32.2. The number of thioether (sulfide) groups is 1. The highest BCUT2D eigenvalue weighted by Gasteiger charge is 2.54. The number of rotatable bonds is 4. The fourth-order valence-electron chi connectivity index (χ4n) is 3.70. The molecule has 0 amide bonds. The fourth-order valence-corrected chi connectivity index (χ4v) is 4.90. The number of halogens is 3. The Morgan fingerprint density at radius 3 is 2.73 bits per heavy atom. The summed E-state index contributed by atoms with van der Waals surface area (Å²) in [5.41, 5.74) is -1.86. The minimum atomic E-state index is -4.88. The van der Waals surface area contributed by atoms with Crippen molar-refractivity contribution in [3.8, 4) is 0 Å². The van der Waals surface area contributed by atoms with Gasteiger partial charge < -0.3 is 10.1 Å². The van der Waals surface area contributed by atoms with Gasteiger partial charge in [0.25, 0.3) is 0 Å². The van der Waals surface area contributed by atoms with Gasteiger partial charge in [-0.1, -0.05) is 24.3 Å². The van der Waals surface area contributed by atoms with Crippen LogP contribution in [0.3, 0.4) is 0 Å². The minimum absolute atomic E-state index is 0.242. The molecule has 1 aromatic heterocycles. The van der Waals surface area contributed by atoms with E-state index in [9.17, 15) is 23.1 Å². The molecule has 30 heavy (non-hydrogen) atoms. The number of nitrogens with one attached hydrogen (secondary N) is 1. The third-order valence-corrected chi connectivity index (χ3v) is 6.41. The molecule has 8 heteroatoms. The first-order valence-electron chi connectivity index (χ1n) is 9.45. The molecule has 156 valence electrons. The van der Waals surface area contributed by atoms with E-state index in [1.165, 1.54) is 12.1 Å². The van der Waals surface area contributed by atoms with Crippen molar-refractivity contribution >= 4 is 34.6 Å². The van der Waals surface area contributed by atoms with Crippen molar-refractivity contribution < 1.29 is 18.3 Å². The number of hydrogen-bond donors (Lipinski definition) is 2. The van der Waals surface area contributed by atoms with Gasteiger partial charge >= 0.3 is 6.18 Å². The number of hydrogen-bond acceptors (Lipinski definition) is 4. The standard InChI is InChI=1S/C22H19F3N2O2S/c23-22(24,25)21(29,12-14-10-11-30-19-7-2-1-4-15(14)19)13-26-17-5-3-6-18-16(17)8-9-20(28)27-18/h1-9,13-14,29H,10-12H2,(H,27,28). The van der Waals surface area contributed by atoms with Gasteiger partial charge in [-0.15, -0.1) is 11.8 Å². The first-order chi connectivity index (χ1) is 14.3. The van der Waals surface area contributed by atoms with E-state index in [0.29, 0.717) is 29.3 Å². The largest absolute Gasteiger partial charge is 0.422 e. The van der Waals surface area contributed by atoms with Gasteiger partial charge in [0.05, 0.1) is 11.2 Å². The van der Waals surface area contributed by atoms with E-state index in [-0.39, 0.29) is 11.2 Å². The number of pyridine rings is 1. The third-order valence-electron chi connectivity index (χ3n) is 5.29. The molecular weight excluding hydrogens is 413 g/mol. The quantitative estimate of drug-likeness (QED) is 0.558. The second-order valence-corrected chi connectivity index (χ2v) is 8.45. The second kappa shape index (κ2) is 7.92. The Morgan fingerprint density at radius 1 is 1.13 bits per heavy atom. The predicted molar refractivity (Wildman–Crippen MR) is 113 cm³/mol. The SMILES string of the molecule is O=c1ccc2c(N=CC(O)(CC3CCSc4ccccc43)C(F)(F)F)cccc2[nH]1. The minimum Gasteiger partial charge on any atom is -0.376 e. The molecule has 2 atom stereocenters. The molecule has 2 heterocycles. The molecule has 2 N–H and O–H groups in total. The lowest BCUT2D eigenvalue weighted by Gasteiger charge is -2.33. The highest BCUT2D eigenvalue weighted by molar-refractivity contribution is 7.99. The number of fused-ring (bicyclic) bond motifs is 2. The van der Waals surface area contributed by atoms with Gasteiger partial charge in [-0.05, 0) is 54.3 Å². The van der Waals surface area contributed by atoms with Gasteiger partial charge in [0.1, 0.15) is 0 Å². The average molecular weight is 432 g/mol. The number of aliphatic imine (C=N–C) groups is 1. The Kier molecular flexibility index (Phi) is 5.46. The van der Waals surface area contributed by atoms with Crippen LogP contribution in [0.2, 0.25) is 0 Å². The van der Waals surface area contributed by atoms with Gasteiger partial charge in [-0.25, -0.2) is 0 Å².